The first-order valence-corrected chi connectivity index (χ1v) is 8.53. The zero-order valence-corrected chi connectivity index (χ0v) is 14.6. The van der Waals surface area contributed by atoms with Gasteiger partial charge in [-0.2, -0.15) is 13.2 Å². The topological polar surface area (TPSA) is 34.2 Å². The number of benzene rings is 2. The molecule has 2 aromatic carbocycles. The van der Waals surface area contributed by atoms with Crippen molar-refractivity contribution in [1.82, 2.24) is 9.71 Å². The fraction of sp³-hybridized carbons (Fsp3) is 0.105. The van der Waals surface area contributed by atoms with E-state index in [1.54, 1.807) is 12.3 Å². The van der Waals surface area contributed by atoms with Crippen LogP contribution in [0.4, 0.5) is 13.2 Å². The van der Waals surface area contributed by atoms with E-state index < -0.39 is 11.7 Å². The zero-order chi connectivity index (χ0) is 18.6. The van der Waals surface area contributed by atoms with E-state index >= 15 is 0 Å². The van der Waals surface area contributed by atoms with E-state index in [4.69, 9.17) is 4.74 Å². The Hall–Kier alpha value is -2.51. The molecule has 0 saturated heterocycles. The van der Waals surface area contributed by atoms with Gasteiger partial charge in [0.1, 0.15) is 5.75 Å². The SMILES string of the molecule is CNSc1ccc(-c2cccnc2Oc2ccc(C(F)(F)F)cc2)cc1. The lowest BCUT2D eigenvalue weighted by Gasteiger charge is -2.11. The monoisotopic (exact) mass is 376 g/mol. The van der Waals surface area contributed by atoms with Crippen LogP contribution in [0.5, 0.6) is 11.6 Å². The summed E-state index contributed by atoms with van der Waals surface area (Å²) in [7, 11) is 1.84. The van der Waals surface area contributed by atoms with Gasteiger partial charge in [0.25, 0.3) is 0 Å². The van der Waals surface area contributed by atoms with Gasteiger partial charge in [-0.25, -0.2) is 4.98 Å². The third-order valence-corrected chi connectivity index (χ3v) is 4.26. The molecule has 0 aliphatic heterocycles. The average Bonchev–Trinajstić information content (AvgIpc) is 2.63. The maximum absolute atomic E-state index is 12.7. The van der Waals surface area contributed by atoms with Gasteiger partial charge in [0, 0.05) is 16.7 Å². The molecule has 0 aliphatic carbocycles. The Balaban J connectivity index is 1.85. The Kier molecular flexibility index (Phi) is 5.49. The smallest absolute Gasteiger partial charge is 0.416 e. The second kappa shape index (κ2) is 7.80. The number of hydrogen-bond acceptors (Lipinski definition) is 4. The number of aromatic nitrogens is 1. The molecule has 3 nitrogen and oxygen atoms in total. The molecule has 0 saturated carbocycles. The summed E-state index contributed by atoms with van der Waals surface area (Å²) in [5.74, 6) is 0.626. The van der Waals surface area contributed by atoms with Crippen LogP contribution in [0.1, 0.15) is 5.56 Å². The van der Waals surface area contributed by atoms with Crippen LogP contribution in [0.3, 0.4) is 0 Å². The fourth-order valence-corrected chi connectivity index (χ4v) is 2.84. The van der Waals surface area contributed by atoms with Gasteiger partial charge in [0.15, 0.2) is 0 Å². The van der Waals surface area contributed by atoms with Crippen molar-refractivity contribution in [2.24, 2.45) is 0 Å². The highest BCUT2D eigenvalue weighted by molar-refractivity contribution is 7.97. The molecule has 0 unspecified atom stereocenters. The van der Waals surface area contributed by atoms with Crippen molar-refractivity contribution in [2.75, 3.05) is 7.05 Å². The van der Waals surface area contributed by atoms with Crippen LogP contribution in [-0.2, 0) is 6.18 Å². The van der Waals surface area contributed by atoms with Crippen molar-refractivity contribution in [3.8, 4) is 22.8 Å². The molecule has 0 amide bonds. The lowest BCUT2D eigenvalue weighted by molar-refractivity contribution is -0.137. The van der Waals surface area contributed by atoms with Gasteiger partial charge in [-0.1, -0.05) is 12.1 Å². The lowest BCUT2D eigenvalue weighted by atomic mass is 10.1. The van der Waals surface area contributed by atoms with E-state index in [0.717, 1.165) is 28.2 Å². The summed E-state index contributed by atoms with van der Waals surface area (Å²) in [6.45, 7) is 0. The van der Waals surface area contributed by atoms with E-state index in [2.05, 4.69) is 9.71 Å². The Morgan fingerprint density at radius 2 is 1.65 bits per heavy atom. The molecule has 7 heteroatoms. The molecule has 0 atom stereocenters. The number of halogens is 3. The predicted molar refractivity (Wildman–Crippen MR) is 96.1 cm³/mol. The third-order valence-electron chi connectivity index (χ3n) is 3.55. The van der Waals surface area contributed by atoms with E-state index in [-0.39, 0.29) is 0 Å². The minimum absolute atomic E-state index is 0.292. The Morgan fingerprint density at radius 3 is 2.27 bits per heavy atom. The minimum Gasteiger partial charge on any atom is -0.438 e. The molecular formula is C19H15F3N2OS. The first-order valence-electron chi connectivity index (χ1n) is 7.71. The van der Waals surface area contributed by atoms with Crippen molar-refractivity contribution in [3.63, 3.8) is 0 Å². The van der Waals surface area contributed by atoms with Crippen LogP contribution in [0.15, 0.2) is 71.8 Å². The number of rotatable bonds is 5. The van der Waals surface area contributed by atoms with Gasteiger partial charge < -0.3 is 4.74 Å². The number of pyridine rings is 1. The van der Waals surface area contributed by atoms with Gasteiger partial charge in [0.05, 0.1) is 5.56 Å². The summed E-state index contributed by atoms with van der Waals surface area (Å²) in [5.41, 5.74) is 0.942. The van der Waals surface area contributed by atoms with Crippen molar-refractivity contribution < 1.29 is 17.9 Å². The summed E-state index contributed by atoms with van der Waals surface area (Å²) in [6, 6.07) is 16.0. The highest BCUT2D eigenvalue weighted by Gasteiger charge is 2.30. The summed E-state index contributed by atoms with van der Waals surface area (Å²) >= 11 is 1.50. The molecule has 0 aliphatic rings. The third kappa shape index (κ3) is 4.36. The van der Waals surface area contributed by atoms with Gasteiger partial charge in [-0.05, 0) is 73.1 Å². The number of nitrogens with one attached hydrogen (secondary N) is 1. The van der Waals surface area contributed by atoms with E-state index in [0.29, 0.717) is 11.6 Å². The van der Waals surface area contributed by atoms with E-state index in [1.807, 2.05) is 37.4 Å². The van der Waals surface area contributed by atoms with Crippen molar-refractivity contribution in [3.05, 3.63) is 72.4 Å². The first-order chi connectivity index (χ1) is 12.5. The van der Waals surface area contributed by atoms with Crippen molar-refractivity contribution in [1.29, 1.82) is 0 Å². The summed E-state index contributed by atoms with van der Waals surface area (Å²) in [4.78, 5) is 5.28. The standard InChI is InChI=1S/C19H15F3N2OS/c1-23-26-16-10-4-13(5-11-16)17-3-2-12-24-18(17)25-15-8-6-14(7-9-15)19(20,21)22/h2-12,23H,1H3. The van der Waals surface area contributed by atoms with Crippen LogP contribution < -0.4 is 9.46 Å². The zero-order valence-electron chi connectivity index (χ0n) is 13.7. The number of nitrogens with zero attached hydrogens (tertiary/aromatic N) is 1. The quantitative estimate of drug-likeness (QED) is 0.572. The molecule has 0 spiro atoms. The van der Waals surface area contributed by atoms with Gasteiger partial charge >= 0.3 is 6.18 Å². The van der Waals surface area contributed by atoms with Crippen LogP contribution >= 0.6 is 11.9 Å². The molecule has 0 bridgehead atoms. The second-order valence-electron chi connectivity index (χ2n) is 5.31. The van der Waals surface area contributed by atoms with E-state index in [9.17, 15) is 13.2 Å². The number of hydrogen-bond donors (Lipinski definition) is 1. The van der Waals surface area contributed by atoms with Crippen molar-refractivity contribution >= 4 is 11.9 Å². The number of alkyl halides is 3. The second-order valence-corrected chi connectivity index (χ2v) is 6.39. The average molecular weight is 376 g/mol. The molecule has 1 aromatic heterocycles. The van der Waals surface area contributed by atoms with Crippen LogP contribution in [0.25, 0.3) is 11.1 Å². The van der Waals surface area contributed by atoms with Crippen LogP contribution in [-0.4, -0.2) is 12.0 Å². The lowest BCUT2D eigenvalue weighted by Crippen LogP contribution is -2.04. The molecule has 0 radical (unpaired) electrons. The molecule has 0 fully saturated rings. The maximum Gasteiger partial charge on any atom is 0.416 e. The normalized spacial score (nSPS) is 11.4. The molecule has 3 rings (SSSR count). The van der Waals surface area contributed by atoms with Crippen LogP contribution in [0, 0.1) is 0 Å². The molecular weight excluding hydrogens is 361 g/mol. The van der Waals surface area contributed by atoms with Gasteiger partial charge in [-0.15, -0.1) is 0 Å². The molecule has 3 aromatic rings. The largest absolute Gasteiger partial charge is 0.438 e. The predicted octanol–water partition coefficient (Wildman–Crippen LogP) is 5.79. The maximum atomic E-state index is 12.7. The first kappa shape index (κ1) is 18.3. The molecule has 26 heavy (non-hydrogen) atoms. The Bertz CT molecular complexity index is 865. The van der Waals surface area contributed by atoms with E-state index in [1.165, 1.54) is 24.1 Å². The minimum atomic E-state index is -4.37. The summed E-state index contributed by atoms with van der Waals surface area (Å²) in [5, 5.41) is 0. The molecule has 1 N–H and O–H groups in total. The number of ether oxygens (including phenoxy) is 1. The van der Waals surface area contributed by atoms with Gasteiger partial charge in [-0.3, -0.25) is 4.72 Å². The fourth-order valence-electron chi connectivity index (χ4n) is 2.34. The summed E-state index contributed by atoms with van der Waals surface area (Å²) in [6.07, 6.45) is -2.80. The van der Waals surface area contributed by atoms with Crippen molar-refractivity contribution in [2.45, 2.75) is 11.1 Å². The summed E-state index contributed by atoms with van der Waals surface area (Å²) < 4.78 is 46.7. The Morgan fingerprint density at radius 1 is 0.962 bits per heavy atom. The van der Waals surface area contributed by atoms with Gasteiger partial charge in [0.2, 0.25) is 5.88 Å². The Labute approximate surface area is 153 Å². The molecule has 1 heterocycles. The highest BCUT2D eigenvalue weighted by Crippen LogP contribution is 2.34. The molecule has 134 valence electrons. The highest BCUT2D eigenvalue weighted by atomic mass is 32.2. The van der Waals surface area contributed by atoms with Crippen LogP contribution in [0.2, 0.25) is 0 Å².